The fraction of sp³-hybridized carbons (Fsp3) is 0.294. The van der Waals surface area contributed by atoms with Crippen LogP contribution in [0.2, 0.25) is 0 Å². The summed E-state index contributed by atoms with van der Waals surface area (Å²) in [6.45, 7) is 2.74. The van der Waals surface area contributed by atoms with Crippen LogP contribution in [0.15, 0.2) is 52.1 Å². The number of amides is 1. The molecule has 1 aromatic carbocycles. The van der Waals surface area contributed by atoms with Gasteiger partial charge in [0.05, 0.1) is 20.0 Å². The van der Waals surface area contributed by atoms with E-state index in [1.54, 1.807) is 43.7 Å². The summed E-state index contributed by atoms with van der Waals surface area (Å²) in [5, 5.41) is 2.67. The zero-order chi connectivity index (χ0) is 16.5. The van der Waals surface area contributed by atoms with Crippen LogP contribution in [-0.4, -0.2) is 25.6 Å². The summed E-state index contributed by atoms with van der Waals surface area (Å²) in [7, 11) is 1.55. The molecule has 1 aromatic heterocycles. The number of nitrogens with one attached hydrogen (secondary N) is 1. The van der Waals surface area contributed by atoms with E-state index in [4.69, 9.17) is 13.9 Å². The number of furan rings is 1. The number of nitrogens with zero attached hydrogens (tertiary/aromatic N) is 1. The van der Waals surface area contributed by atoms with Crippen molar-refractivity contribution in [2.75, 3.05) is 13.7 Å². The van der Waals surface area contributed by atoms with Gasteiger partial charge in [0.15, 0.2) is 0 Å². The Morgan fingerprint density at radius 3 is 2.87 bits per heavy atom. The van der Waals surface area contributed by atoms with Crippen molar-refractivity contribution >= 4 is 11.9 Å². The predicted molar refractivity (Wildman–Crippen MR) is 86.6 cm³/mol. The molecule has 122 valence electrons. The molecule has 0 saturated carbocycles. The monoisotopic (exact) mass is 316 g/mol. The number of ether oxygens (including phenoxy) is 2. The molecule has 1 N–H and O–H groups in total. The van der Waals surface area contributed by atoms with Gasteiger partial charge in [0.1, 0.15) is 18.1 Å². The highest BCUT2D eigenvalue weighted by molar-refractivity contribution is 6.04. The molecule has 0 aliphatic rings. The average molecular weight is 316 g/mol. The van der Waals surface area contributed by atoms with Crippen LogP contribution in [0.3, 0.4) is 0 Å². The zero-order valence-corrected chi connectivity index (χ0v) is 13.2. The largest absolute Gasteiger partial charge is 0.497 e. The van der Waals surface area contributed by atoms with Gasteiger partial charge in [0.2, 0.25) is 0 Å². The molecule has 0 spiro atoms. The number of hydrogen-bond donors (Lipinski definition) is 1. The number of carbonyl (C=O) groups excluding carboxylic acids is 1. The Labute approximate surface area is 135 Å². The van der Waals surface area contributed by atoms with E-state index in [0.717, 1.165) is 6.42 Å². The molecule has 2 rings (SSSR count). The third kappa shape index (κ3) is 5.18. The van der Waals surface area contributed by atoms with Gasteiger partial charge < -0.3 is 13.9 Å². The Balaban J connectivity index is 2.06. The maximum atomic E-state index is 12.3. The van der Waals surface area contributed by atoms with Crippen LogP contribution in [0.5, 0.6) is 5.75 Å². The van der Waals surface area contributed by atoms with E-state index in [-0.39, 0.29) is 11.9 Å². The van der Waals surface area contributed by atoms with E-state index in [9.17, 15) is 4.79 Å². The Kier molecular flexibility index (Phi) is 6.23. The molecule has 1 heterocycles. The van der Waals surface area contributed by atoms with E-state index < -0.39 is 0 Å². The molecule has 6 heteroatoms. The van der Waals surface area contributed by atoms with E-state index in [1.165, 1.54) is 0 Å². The molecule has 0 aliphatic carbocycles. The van der Waals surface area contributed by atoms with Crippen LogP contribution < -0.4 is 10.1 Å². The van der Waals surface area contributed by atoms with Crippen LogP contribution in [0.1, 0.15) is 29.5 Å². The topological polar surface area (TPSA) is 73.1 Å². The van der Waals surface area contributed by atoms with E-state index >= 15 is 0 Å². The lowest BCUT2D eigenvalue weighted by Gasteiger charge is -2.10. The Morgan fingerprint density at radius 1 is 1.30 bits per heavy atom. The maximum absolute atomic E-state index is 12.3. The van der Waals surface area contributed by atoms with Crippen LogP contribution in [0.4, 0.5) is 0 Å². The number of carbonyl (C=O) groups is 1. The minimum atomic E-state index is -0.307. The van der Waals surface area contributed by atoms with Crippen molar-refractivity contribution < 1.29 is 18.7 Å². The fourth-order valence-corrected chi connectivity index (χ4v) is 1.81. The fourth-order valence-electron chi connectivity index (χ4n) is 1.81. The summed E-state index contributed by atoms with van der Waals surface area (Å²) < 4.78 is 15.8. The van der Waals surface area contributed by atoms with Gasteiger partial charge in [-0.15, -0.1) is 0 Å². The minimum Gasteiger partial charge on any atom is -0.497 e. The molecule has 2 aromatic rings. The number of amidine groups is 1. The van der Waals surface area contributed by atoms with Crippen molar-refractivity contribution in [1.29, 1.82) is 0 Å². The van der Waals surface area contributed by atoms with Gasteiger partial charge in [-0.25, -0.2) is 4.99 Å². The first-order chi connectivity index (χ1) is 11.2. The predicted octanol–water partition coefficient (Wildman–Crippen LogP) is 3.00. The molecule has 0 fully saturated rings. The summed E-state index contributed by atoms with van der Waals surface area (Å²) in [6.07, 6.45) is 2.39. The highest BCUT2D eigenvalue weighted by atomic mass is 16.5. The SMILES string of the molecule is CCCOC(=NCc1ccco1)NC(=O)c1cccc(OC)c1. The Morgan fingerprint density at radius 2 is 2.17 bits per heavy atom. The lowest BCUT2D eigenvalue weighted by molar-refractivity contribution is 0.0965. The molecule has 0 unspecified atom stereocenters. The first kappa shape index (κ1) is 16.6. The highest BCUT2D eigenvalue weighted by Gasteiger charge is 2.11. The lowest BCUT2D eigenvalue weighted by atomic mass is 10.2. The molecular weight excluding hydrogens is 296 g/mol. The molecule has 0 atom stereocenters. The summed E-state index contributed by atoms with van der Waals surface area (Å²) in [5.74, 6) is 0.998. The van der Waals surface area contributed by atoms with Crippen molar-refractivity contribution in [2.24, 2.45) is 4.99 Å². The zero-order valence-electron chi connectivity index (χ0n) is 13.2. The van der Waals surface area contributed by atoms with Gasteiger partial charge >= 0.3 is 0 Å². The van der Waals surface area contributed by atoms with Gasteiger partial charge in [0.25, 0.3) is 11.9 Å². The standard InChI is InChI=1S/C17H20N2O4/c1-3-9-23-17(18-12-15-8-5-10-22-15)19-16(20)13-6-4-7-14(11-13)21-2/h4-8,10-11H,3,9,12H2,1-2H3,(H,18,19,20). The van der Waals surface area contributed by atoms with E-state index in [0.29, 0.717) is 30.2 Å². The summed E-state index contributed by atoms with van der Waals surface area (Å²) in [6, 6.07) is 10.6. The summed E-state index contributed by atoms with van der Waals surface area (Å²) >= 11 is 0. The number of hydrogen-bond acceptors (Lipinski definition) is 5. The minimum absolute atomic E-state index is 0.177. The summed E-state index contributed by atoms with van der Waals surface area (Å²) in [5.41, 5.74) is 0.468. The Bertz CT molecular complexity index is 650. The van der Waals surface area contributed by atoms with E-state index in [1.807, 2.05) is 13.0 Å². The molecule has 0 bridgehead atoms. The number of rotatable bonds is 6. The van der Waals surface area contributed by atoms with Crippen LogP contribution in [0, 0.1) is 0 Å². The third-order valence-corrected chi connectivity index (χ3v) is 2.95. The molecule has 6 nitrogen and oxygen atoms in total. The Hall–Kier alpha value is -2.76. The third-order valence-electron chi connectivity index (χ3n) is 2.95. The van der Waals surface area contributed by atoms with Crippen molar-refractivity contribution in [2.45, 2.75) is 19.9 Å². The normalized spacial score (nSPS) is 11.1. The quantitative estimate of drug-likeness (QED) is 0.657. The average Bonchev–Trinajstić information content (AvgIpc) is 3.10. The first-order valence-corrected chi connectivity index (χ1v) is 7.38. The highest BCUT2D eigenvalue weighted by Crippen LogP contribution is 2.12. The first-order valence-electron chi connectivity index (χ1n) is 7.38. The molecule has 1 amide bonds. The summed E-state index contributed by atoms with van der Waals surface area (Å²) in [4.78, 5) is 16.5. The molecule has 0 aliphatic heterocycles. The number of aliphatic imine (C=N–C) groups is 1. The van der Waals surface area contributed by atoms with Crippen molar-refractivity contribution in [3.63, 3.8) is 0 Å². The second kappa shape index (κ2) is 8.63. The van der Waals surface area contributed by atoms with Crippen molar-refractivity contribution in [3.8, 4) is 5.75 Å². The second-order valence-corrected chi connectivity index (χ2v) is 4.74. The van der Waals surface area contributed by atoms with Gasteiger partial charge in [-0.1, -0.05) is 13.0 Å². The van der Waals surface area contributed by atoms with Gasteiger partial charge in [0, 0.05) is 5.56 Å². The molecule has 0 saturated heterocycles. The number of benzene rings is 1. The van der Waals surface area contributed by atoms with Gasteiger partial charge in [-0.2, -0.15) is 0 Å². The number of methoxy groups -OCH3 is 1. The van der Waals surface area contributed by atoms with Crippen molar-refractivity contribution in [3.05, 3.63) is 54.0 Å². The van der Waals surface area contributed by atoms with Crippen LogP contribution in [0.25, 0.3) is 0 Å². The van der Waals surface area contributed by atoms with Crippen molar-refractivity contribution in [1.82, 2.24) is 5.32 Å². The van der Waals surface area contributed by atoms with Crippen LogP contribution in [-0.2, 0) is 11.3 Å². The van der Waals surface area contributed by atoms with E-state index in [2.05, 4.69) is 10.3 Å². The maximum Gasteiger partial charge on any atom is 0.292 e. The molecule has 23 heavy (non-hydrogen) atoms. The van der Waals surface area contributed by atoms with Gasteiger partial charge in [-0.3, -0.25) is 10.1 Å². The lowest BCUT2D eigenvalue weighted by Crippen LogP contribution is -2.33. The van der Waals surface area contributed by atoms with Gasteiger partial charge in [-0.05, 0) is 36.8 Å². The second-order valence-electron chi connectivity index (χ2n) is 4.74. The van der Waals surface area contributed by atoms with Crippen LogP contribution >= 0.6 is 0 Å². The molecular formula is C17H20N2O4. The molecule has 0 radical (unpaired) electrons. The smallest absolute Gasteiger partial charge is 0.292 e.